The molecule has 7 nitrogen and oxygen atoms in total. The summed E-state index contributed by atoms with van der Waals surface area (Å²) in [6.07, 6.45) is 3.89. The molecule has 7 heteroatoms. The molecule has 5 atom stereocenters. The van der Waals surface area contributed by atoms with Gasteiger partial charge in [0.1, 0.15) is 17.7 Å². The summed E-state index contributed by atoms with van der Waals surface area (Å²) in [4.78, 5) is 42.5. The number of alkyl carbamates (subject to hydrolysis) is 1. The topological polar surface area (TPSA) is 87.7 Å². The Morgan fingerprint density at radius 1 is 1.11 bits per heavy atom. The number of benzene rings is 1. The van der Waals surface area contributed by atoms with Gasteiger partial charge in [-0.2, -0.15) is 0 Å². The van der Waals surface area contributed by atoms with E-state index in [2.05, 4.69) is 24.5 Å². The number of hydrogen-bond donors (Lipinski definition) is 2. The van der Waals surface area contributed by atoms with Crippen LogP contribution in [0.2, 0.25) is 0 Å². The third-order valence-corrected chi connectivity index (χ3v) is 7.28. The maximum absolute atomic E-state index is 14.3. The maximum Gasteiger partial charge on any atom is 0.408 e. The van der Waals surface area contributed by atoms with Crippen molar-refractivity contribution in [3.8, 4) is 0 Å². The van der Waals surface area contributed by atoms with Gasteiger partial charge in [-0.15, -0.1) is 0 Å². The van der Waals surface area contributed by atoms with Crippen molar-refractivity contribution in [2.45, 2.75) is 118 Å². The molecule has 0 saturated heterocycles. The SMILES string of the molecule is CCCCCNC(=O)C(c1ccc(C)c(C)c1)N(C(=O)C(NC(=O)OC(C)(C)C)C(C)CC)C1CC1C. The number of hydrogen-bond acceptors (Lipinski definition) is 4. The molecule has 1 aromatic carbocycles. The highest BCUT2D eigenvalue weighted by Gasteiger charge is 2.48. The van der Waals surface area contributed by atoms with Crippen LogP contribution in [0, 0.1) is 25.7 Å². The quantitative estimate of drug-likeness (QED) is 0.343. The van der Waals surface area contributed by atoms with Crippen molar-refractivity contribution in [1.82, 2.24) is 15.5 Å². The maximum atomic E-state index is 14.3. The number of nitrogens with zero attached hydrogens (tertiary/aromatic N) is 1. The highest BCUT2D eigenvalue weighted by Crippen LogP contribution is 2.41. The number of rotatable bonds is 12. The zero-order valence-electron chi connectivity index (χ0n) is 24.4. The largest absolute Gasteiger partial charge is 0.444 e. The second kappa shape index (κ2) is 13.3. The van der Waals surface area contributed by atoms with Crippen LogP contribution in [0.1, 0.15) is 103 Å². The number of carbonyl (C=O) groups is 3. The minimum absolute atomic E-state index is 0.0625. The van der Waals surface area contributed by atoms with Gasteiger partial charge in [-0.25, -0.2) is 4.79 Å². The Bertz CT molecular complexity index is 939. The fraction of sp³-hybridized carbons (Fsp3) is 0.700. The summed E-state index contributed by atoms with van der Waals surface area (Å²) >= 11 is 0. The first-order chi connectivity index (χ1) is 17.3. The standard InChI is InChI=1S/C30H49N3O4/c1-10-12-13-16-31-27(34)26(23-15-14-20(4)21(5)17-23)33(24-18-22(24)6)28(35)25(19(3)11-2)32-29(36)37-30(7,8)9/h14-15,17,19,22,24-26H,10-13,16,18H2,1-9H3,(H,31,34)(H,32,36). The van der Waals surface area contributed by atoms with Gasteiger partial charge in [0.2, 0.25) is 11.8 Å². The lowest BCUT2D eigenvalue weighted by molar-refractivity contribution is -0.144. The number of carbonyl (C=O) groups excluding carboxylic acids is 3. The van der Waals surface area contributed by atoms with Crippen molar-refractivity contribution in [2.75, 3.05) is 6.54 Å². The summed E-state index contributed by atoms with van der Waals surface area (Å²) in [5.74, 6) is -0.261. The van der Waals surface area contributed by atoms with Crippen LogP contribution in [0.3, 0.4) is 0 Å². The summed E-state index contributed by atoms with van der Waals surface area (Å²) < 4.78 is 5.49. The van der Waals surface area contributed by atoms with E-state index in [9.17, 15) is 14.4 Å². The van der Waals surface area contributed by atoms with Crippen molar-refractivity contribution in [3.05, 3.63) is 34.9 Å². The van der Waals surface area contributed by atoms with Crippen LogP contribution in [-0.2, 0) is 14.3 Å². The molecule has 0 aromatic heterocycles. The zero-order chi connectivity index (χ0) is 27.9. The zero-order valence-corrected chi connectivity index (χ0v) is 24.4. The molecular weight excluding hydrogens is 466 g/mol. The first kappa shape index (κ1) is 30.7. The van der Waals surface area contributed by atoms with E-state index < -0.39 is 23.8 Å². The second-order valence-electron chi connectivity index (χ2n) is 11.8. The van der Waals surface area contributed by atoms with Gasteiger partial charge in [-0.3, -0.25) is 9.59 Å². The summed E-state index contributed by atoms with van der Waals surface area (Å²) in [6, 6.07) is 4.34. The smallest absolute Gasteiger partial charge is 0.408 e. The lowest BCUT2D eigenvalue weighted by Gasteiger charge is -2.36. The fourth-order valence-electron chi connectivity index (χ4n) is 4.51. The van der Waals surface area contributed by atoms with Crippen LogP contribution in [0.15, 0.2) is 18.2 Å². The summed E-state index contributed by atoms with van der Waals surface area (Å²) in [6.45, 7) is 18.2. The van der Waals surface area contributed by atoms with Gasteiger partial charge in [0, 0.05) is 12.6 Å². The number of nitrogens with one attached hydrogen (secondary N) is 2. The molecule has 0 spiro atoms. The van der Waals surface area contributed by atoms with Crippen LogP contribution in [-0.4, -0.2) is 47.0 Å². The van der Waals surface area contributed by atoms with Gasteiger partial charge in [0.25, 0.3) is 0 Å². The van der Waals surface area contributed by atoms with Crippen LogP contribution in [0.5, 0.6) is 0 Å². The van der Waals surface area contributed by atoms with Crippen LogP contribution in [0.4, 0.5) is 4.79 Å². The molecule has 5 unspecified atom stereocenters. The van der Waals surface area contributed by atoms with E-state index in [1.807, 2.05) is 45.9 Å². The Kier molecular flexibility index (Phi) is 11.0. The van der Waals surface area contributed by atoms with E-state index in [-0.39, 0.29) is 29.7 Å². The van der Waals surface area contributed by atoms with Gasteiger partial charge < -0.3 is 20.3 Å². The minimum atomic E-state index is -0.797. The summed E-state index contributed by atoms with van der Waals surface area (Å²) in [7, 11) is 0. The molecule has 1 saturated carbocycles. The molecule has 0 heterocycles. The average Bonchev–Trinajstić information content (AvgIpc) is 3.54. The fourth-order valence-corrected chi connectivity index (χ4v) is 4.51. The van der Waals surface area contributed by atoms with Crippen LogP contribution >= 0.6 is 0 Å². The lowest BCUT2D eigenvalue weighted by Crippen LogP contribution is -2.56. The highest BCUT2D eigenvalue weighted by atomic mass is 16.6. The van der Waals surface area contributed by atoms with Gasteiger partial charge in [-0.05, 0) is 76.0 Å². The molecule has 0 radical (unpaired) electrons. The highest BCUT2D eigenvalue weighted by molar-refractivity contribution is 5.92. The third kappa shape index (κ3) is 8.75. The third-order valence-electron chi connectivity index (χ3n) is 7.28. The molecule has 0 aliphatic heterocycles. The Labute approximate surface area is 224 Å². The van der Waals surface area contributed by atoms with E-state index in [0.29, 0.717) is 13.0 Å². The monoisotopic (exact) mass is 515 g/mol. The van der Waals surface area contributed by atoms with Crippen LogP contribution < -0.4 is 10.6 Å². The van der Waals surface area contributed by atoms with Gasteiger partial charge in [-0.1, -0.05) is 65.2 Å². The molecule has 1 aromatic rings. The minimum Gasteiger partial charge on any atom is -0.444 e. The molecule has 2 N–H and O–H groups in total. The molecule has 2 rings (SSSR count). The Balaban J connectivity index is 2.49. The normalized spacial score (nSPS) is 19.4. The molecule has 208 valence electrons. The average molecular weight is 516 g/mol. The molecule has 1 fully saturated rings. The predicted molar refractivity (Wildman–Crippen MR) is 148 cm³/mol. The van der Waals surface area contributed by atoms with Crippen molar-refractivity contribution in [3.63, 3.8) is 0 Å². The summed E-state index contributed by atoms with van der Waals surface area (Å²) in [5.41, 5.74) is 2.32. The number of unbranched alkanes of at least 4 members (excludes halogenated alkanes) is 2. The molecular formula is C30H49N3O4. The van der Waals surface area contributed by atoms with Crippen molar-refractivity contribution >= 4 is 17.9 Å². The Hall–Kier alpha value is -2.57. The van der Waals surface area contributed by atoms with E-state index in [1.54, 1.807) is 25.7 Å². The molecule has 1 aliphatic rings. The molecule has 3 amide bonds. The first-order valence-corrected chi connectivity index (χ1v) is 14.0. The van der Waals surface area contributed by atoms with Crippen molar-refractivity contribution in [1.29, 1.82) is 0 Å². The lowest BCUT2D eigenvalue weighted by atomic mass is 9.94. The number of ether oxygens (including phenoxy) is 1. The van der Waals surface area contributed by atoms with Gasteiger partial charge >= 0.3 is 6.09 Å². The van der Waals surface area contributed by atoms with Gasteiger partial charge in [0.15, 0.2) is 0 Å². The van der Waals surface area contributed by atoms with E-state index in [4.69, 9.17) is 4.74 Å². The van der Waals surface area contributed by atoms with E-state index in [1.165, 1.54) is 0 Å². The number of amides is 3. The van der Waals surface area contributed by atoms with Crippen molar-refractivity contribution in [2.24, 2.45) is 11.8 Å². The first-order valence-electron chi connectivity index (χ1n) is 14.0. The Morgan fingerprint density at radius 2 is 1.76 bits per heavy atom. The molecule has 0 bridgehead atoms. The summed E-state index contributed by atoms with van der Waals surface area (Å²) in [5, 5.41) is 5.94. The van der Waals surface area contributed by atoms with Crippen LogP contribution in [0.25, 0.3) is 0 Å². The molecule has 37 heavy (non-hydrogen) atoms. The van der Waals surface area contributed by atoms with E-state index >= 15 is 0 Å². The number of aryl methyl sites for hydroxylation is 2. The van der Waals surface area contributed by atoms with E-state index in [0.717, 1.165) is 42.4 Å². The Morgan fingerprint density at radius 3 is 2.27 bits per heavy atom. The predicted octanol–water partition coefficient (Wildman–Crippen LogP) is 5.83. The molecule has 1 aliphatic carbocycles. The van der Waals surface area contributed by atoms with Gasteiger partial charge in [0.05, 0.1) is 0 Å². The van der Waals surface area contributed by atoms with Crippen molar-refractivity contribution < 1.29 is 19.1 Å². The second-order valence-corrected chi connectivity index (χ2v) is 11.8.